The minimum Gasteiger partial charge on any atom is -0.456 e. The first-order valence-electron chi connectivity index (χ1n) is 15.2. The Hall–Kier alpha value is -4.49. The predicted octanol–water partition coefficient (Wildman–Crippen LogP) is -1.04. The van der Waals surface area contributed by atoms with Crippen LogP contribution in [0.25, 0.3) is 78.2 Å². The van der Waals surface area contributed by atoms with Gasteiger partial charge in [0.05, 0.1) is 0 Å². The summed E-state index contributed by atoms with van der Waals surface area (Å²) in [7, 11) is 63.2. The number of hydrogen-bond donors (Lipinski definition) is 0. The van der Waals surface area contributed by atoms with Crippen LogP contribution in [-0.2, 0) is 0 Å². The Morgan fingerprint density at radius 3 is 1.20 bits per heavy atom. The Morgan fingerprint density at radius 2 is 0.755 bits per heavy atom. The minimum atomic E-state index is 0.140. The molecule has 0 bridgehead atoms. The molecule has 0 saturated heterocycles. The minimum absolute atomic E-state index is 0.140. The highest BCUT2D eigenvalue weighted by atomic mass is 16.3. The van der Waals surface area contributed by atoms with Crippen LogP contribution in [-0.4, -0.2) is 78.5 Å². The van der Waals surface area contributed by atoms with Gasteiger partial charge in [-0.2, -0.15) is 0 Å². The Labute approximate surface area is 299 Å². The molecule has 7 aromatic rings. The summed E-state index contributed by atoms with van der Waals surface area (Å²) in [6.45, 7) is 8.36. The van der Waals surface area contributed by atoms with Crippen molar-refractivity contribution in [3.05, 3.63) is 84.9 Å². The summed E-state index contributed by atoms with van der Waals surface area (Å²) in [5.74, 6) is 0. The zero-order chi connectivity index (χ0) is 35.0. The maximum absolute atomic E-state index is 6.59. The first-order valence-corrected chi connectivity index (χ1v) is 15.2. The molecule has 0 unspecified atom stereocenters. The van der Waals surface area contributed by atoms with Crippen molar-refractivity contribution in [2.24, 2.45) is 0 Å². The Morgan fingerprint density at radius 1 is 0.388 bits per heavy atom. The maximum Gasteiger partial charge on any atom is 0.135 e. The van der Waals surface area contributed by atoms with Crippen LogP contribution >= 0.6 is 0 Å². The van der Waals surface area contributed by atoms with Gasteiger partial charge in [0.15, 0.2) is 0 Å². The third-order valence-corrected chi connectivity index (χ3v) is 9.40. The van der Waals surface area contributed by atoms with Gasteiger partial charge in [0.1, 0.15) is 89.6 Å². The van der Waals surface area contributed by atoms with Crippen LogP contribution < -0.4 is 54.6 Å². The Kier molecular flexibility index (Phi) is 8.18. The molecule has 1 nitrogen and oxygen atoms in total. The van der Waals surface area contributed by atoms with Gasteiger partial charge >= 0.3 is 0 Å². The van der Waals surface area contributed by atoms with E-state index in [0.29, 0.717) is 33.4 Å². The van der Waals surface area contributed by atoms with Gasteiger partial charge in [-0.25, -0.2) is 0 Å². The fourth-order valence-corrected chi connectivity index (χ4v) is 6.85. The third-order valence-electron chi connectivity index (χ3n) is 9.40. The van der Waals surface area contributed by atoms with E-state index in [9.17, 15) is 0 Å². The van der Waals surface area contributed by atoms with Gasteiger partial charge in [-0.3, -0.25) is 0 Å². The third kappa shape index (κ3) is 4.84. The van der Waals surface area contributed by atoms with Crippen LogP contribution in [0.2, 0.25) is 0 Å². The average Bonchev–Trinajstić information content (AvgIpc) is 3.48. The van der Waals surface area contributed by atoms with E-state index in [4.69, 9.17) is 82.9 Å². The molecule has 20 radical (unpaired) electrons. The number of hydrogen-bond acceptors (Lipinski definition) is 1. The van der Waals surface area contributed by atoms with Crippen molar-refractivity contribution in [2.45, 2.75) is 0 Å². The van der Waals surface area contributed by atoms with E-state index in [2.05, 4.69) is 19.2 Å². The van der Waals surface area contributed by atoms with E-state index < -0.39 is 0 Å². The van der Waals surface area contributed by atoms with E-state index in [-0.39, 0.29) is 54.6 Å². The summed E-state index contributed by atoms with van der Waals surface area (Å²) in [5, 5.41) is 3.45. The van der Waals surface area contributed by atoms with Crippen molar-refractivity contribution in [3.8, 4) is 33.4 Å². The highest BCUT2D eigenvalue weighted by molar-refractivity contribution is 6.70. The van der Waals surface area contributed by atoms with Crippen molar-refractivity contribution in [1.29, 1.82) is 0 Å². The molecule has 6 aromatic carbocycles. The number of benzene rings is 6. The van der Waals surface area contributed by atoms with E-state index in [0.717, 1.165) is 43.8 Å². The molecule has 49 heavy (non-hydrogen) atoms. The van der Waals surface area contributed by atoms with Crippen LogP contribution in [0.5, 0.6) is 0 Å². The molecule has 0 N–H and O–H groups in total. The molecule has 0 aliphatic carbocycles. The molecule has 0 atom stereocenters. The van der Waals surface area contributed by atoms with E-state index >= 15 is 0 Å². The van der Waals surface area contributed by atoms with Crippen LogP contribution in [0.4, 0.5) is 0 Å². The molecular weight excluding hydrogens is 581 g/mol. The van der Waals surface area contributed by atoms with Crippen LogP contribution in [0.3, 0.4) is 0 Å². The lowest BCUT2D eigenvalue weighted by molar-refractivity contribution is 0.669. The average molecular weight is 597 g/mol. The van der Waals surface area contributed by atoms with Gasteiger partial charge in [0, 0.05) is 10.8 Å². The molecule has 0 amide bonds. The van der Waals surface area contributed by atoms with Gasteiger partial charge in [-0.15, -0.1) is 32.8 Å². The fourth-order valence-electron chi connectivity index (χ4n) is 6.85. The second kappa shape index (κ2) is 12.1. The molecule has 204 valence electrons. The topological polar surface area (TPSA) is 13.1 Å². The summed E-state index contributed by atoms with van der Waals surface area (Å²) in [4.78, 5) is 0. The summed E-state index contributed by atoms with van der Waals surface area (Å²) >= 11 is 0. The van der Waals surface area contributed by atoms with Crippen LogP contribution in [0, 0.1) is 0 Å². The van der Waals surface area contributed by atoms with E-state index in [1.54, 1.807) is 12.2 Å². The normalized spacial score (nSPS) is 11.4. The van der Waals surface area contributed by atoms with Gasteiger partial charge in [0.2, 0.25) is 0 Å². The fraction of sp³-hybridized carbons (Fsp3) is 0. The summed E-state index contributed by atoms with van der Waals surface area (Å²) in [5.41, 5.74) is 9.08. The quantitative estimate of drug-likeness (QED) is 0.232. The van der Waals surface area contributed by atoms with Gasteiger partial charge in [-0.1, -0.05) is 83.6 Å². The van der Waals surface area contributed by atoms with Gasteiger partial charge < -0.3 is 4.42 Å². The van der Waals surface area contributed by atoms with Crippen LogP contribution in [0.1, 0.15) is 11.1 Å². The summed E-state index contributed by atoms with van der Waals surface area (Å²) in [6, 6.07) is 19.6. The van der Waals surface area contributed by atoms with Crippen molar-refractivity contribution in [2.75, 3.05) is 0 Å². The maximum atomic E-state index is 6.59. The molecule has 0 aliphatic rings. The van der Waals surface area contributed by atoms with Crippen molar-refractivity contribution < 1.29 is 4.42 Å². The molecule has 0 fully saturated rings. The lowest BCUT2D eigenvalue weighted by Crippen LogP contribution is -2.55. The monoisotopic (exact) mass is 598 g/mol. The smallest absolute Gasteiger partial charge is 0.135 e. The van der Waals surface area contributed by atoms with Crippen molar-refractivity contribution in [3.63, 3.8) is 0 Å². The largest absolute Gasteiger partial charge is 0.456 e. The van der Waals surface area contributed by atoms with Crippen molar-refractivity contribution >= 4 is 178 Å². The molecule has 11 heteroatoms. The Bertz CT molecular complexity index is 2540. The zero-order valence-corrected chi connectivity index (χ0v) is 26.5. The summed E-state index contributed by atoms with van der Waals surface area (Å²) < 4.78 is 6.26. The SMILES string of the molecule is [B]c1c([B])c([B])c(-c2ccc3oc4ccc(-c5c(C=C)c(C=C)c(-c6c([B])c([B])c([B])c([B])c6[B])c6ccccc56)cc4c3c2)c([B])c1[B]. The second-order valence-electron chi connectivity index (χ2n) is 11.9. The van der Waals surface area contributed by atoms with Crippen molar-refractivity contribution in [1.82, 2.24) is 0 Å². The highest BCUT2D eigenvalue weighted by Gasteiger charge is 2.23. The molecular formula is C38H16B10O. The molecule has 0 saturated carbocycles. The molecule has 1 heterocycles. The van der Waals surface area contributed by atoms with E-state index in [1.165, 1.54) is 0 Å². The number of rotatable bonds is 5. The van der Waals surface area contributed by atoms with E-state index in [1.807, 2.05) is 54.6 Å². The Balaban J connectivity index is 1.53. The zero-order valence-electron chi connectivity index (χ0n) is 26.5. The lowest BCUT2D eigenvalue weighted by atomic mass is 9.59. The summed E-state index contributed by atoms with van der Waals surface area (Å²) in [6.07, 6.45) is 3.54. The molecule has 0 aliphatic heterocycles. The first kappa shape index (κ1) is 33.0. The van der Waals surface area contributed by atoms with Gasteiger partial charge in [-0.05, 0) is 79.5 Å². The highest BCUT2D eigenvalue weighted by Crippen LogP contribution is 2.44. The number of furan rings is 1. The predicted molar refractivity (Wildman–Crippen MR) is 222 cm³/mol. The molecule has 7 rings (SSSR count). The molecule has 0 spiro atoms. The first-order chi connectivity index (χ1) is 23.4. The standard InChI is InChI=1S/C38H16B10O/c1-3-17-18(4-2)27(28-31(41)35(45)38(48)36(46)32(28)42)20-8-6-5-7-19(20)25(17)15-9-11-23-21(13-15)22-14-16(10-12-24(22)49-23)26-29(39)33(43)37(47)34(44)30(26)40/h3-14H,1-2H2. The van der Waals surface area contributed by atoms with Crippen LogP contribution in [0.15, 0.2) is 78.2 Å². The number of fused-ring (bicyclic) bond motifs is 4. The van der Waals surface area contributed by atoms with Gasteiger partial charge in [0.25, 0.3) is 0 Å². The second-order valence-corrected chi connectivity index (χ2v) is 11.9. The molecule has 1 aromatic heterocycles. The lowest BCUT2D eigenvalue weighted by Gasteiger charge is -2.26.